The number of esters is 3. The highest BCUT2D eigenvalue weighted by atomic mass is 16.6. The van der Waals surface area contributed by atoms with Crippen molar-refractivity contribution < 1.29 is 28.6 Å². The molecule has 0 saturated carbocycles. The Labute approximate surface area is 387 Å². The number of ether oxygens (including phenoxy) is 3. The van der Waals surface area contributed by atoms with Crippen LogP contribution >= 0.6 is 0 Å². The van der Waals surface area contributed by atoms with E-state index in [0.29, 0.717) is 19.3 Å². The number of unbranched alkanes of at least 4 members (excludes halogenated alkanes) is 18. The molecule has 0 aliphatic heterocycles. The molecular weight excluding hydrogens is 781 g/mol. The molecule has 0 saturated heterocycles. The third kappa shape index (κ3) is 49.2. The number of rotatable bonds is 45. The van der Waals surface area contributed by atoms with Crippen molar-refractivity contribution in [2.75, 3.05) is 13.2 Å². The molecule has 0 heterocycles. The second-order valence-electron chi connectivity index (χ2n) is 16.7. The molecule has 0 aliphatic rings. The summed E-state index contributed by atoms with van der Waals surface area (Å²) in [6.07, 6.45) is 66.8. The van der Waals surface area contributed by atoms with Gasteiger partial charge in [-0.25, -0.2) is 0 Å². The second kappa shape index (κ2) is 51.0. The smallest absolute Gasteiger partial charge is 0.306 e. The number of carbonyl (C=O) groups excluding carboxylic acids is 3. The van der Waals surface area contributed by atoms with Gasteiger partial charge in [0.15, 0.2) is 6.10 Å². The molecule has 0 amide bonds. The molecule has 0 N–H and O–H groups in total. The summed E-state index contributed by atoms with van der Waals surface area (Å²) in [6, 6.07) is 0. The molecule has 0 aromatic rings. The van der Waals surface area contributed by atoms with E-state index in [9.17, 15) is 14.4 Å². The van der Waals surface area contributed by atoms with E-state index in [1.54, 1.807) is 0 Å². The lowest BCUT2D eigenvalue weighted by Crippen LogP contribution is -2.30. The predicted octanol–water partition coefficient (Wildman–Crippen LogP) is 17.0. The third-order valence-corrected chi connectivity index (χ3v) is 10.5. The maximum absolute atomic E-state index is 12.8. The first-order valence-electron chi connectivity index (χ1n) is 25.7. The van der Waals surface area contributed by atoms with Gasteiger partial charge < -0.3 is 14.2 Å². The molecule has 0 aromatic carbocycles. The van der Waals surface area contributed by atoms with Gasteiger partial charge in [0.25, 0.3) is 0 Å². The Balaban J connectivity index is 4.56. The van der Waals surface area contributed by atoms with Gasteiger partial charge in [0.2, 0.25) is 0 Å². The van der Waals surface area contributed by atoms with Crippen molar-refractivity contribution >= 4 is 17.9 Å². The molecule has 0 aromatic heterocycles. The lowest BCUT2D eigenvalue weighted by Gasteiger charge is -2.18. The molecule has 0 unspecified atom stereocenters. The van der Waals surface area contributed by atoms with Gasteiger partial charge >= 0.3 is 17.9 Å². The van der Waals surface area contributed by atoms with E-state index in [2.05, 4.69) is 118 Å². The van der Waals surface area contributed by atoms with E-state index >= 15 is 0 Å². The van der Waals surface area contributed by atoms with Crippen molar-refractivity contribution in [1.29, 1.82) is 0 Å². The zero-order chi connectivity index (χ0) is 45.8. The van der Waals surface area contributed by atoms with Crippen molar-refractivity contribution in [3.63, 3.8) is 0 Å². The highest BCUT2D eigenvalue weighted by Crippen LogP contribution is 2.12. The lowest BCUT2D eigenvalue weighted by atomic mass is 10.1. The molecule has 0 spiro atoms. The summed E-state index contributed by atoms with van der Waals surface area (Å²) in [5.74, 6) is -1.03. The lowest BCUT2D eigenvalue weighted by molar-refractivity contribution is -0.167. The van der Waals surface area contributed by atoms with Crippen LogP contribution in [0.15, 0.2) is 97.2 Å². The first-order valence-corrected chi connectivity index (χ1v) is 25.7. The van der Waals surface area contributed by atoms with Gasteiger partial charge in [-0.05, 0) is 122 Å². The fraction of sp³-hybridized carbons (Fsp3) is 0.667. The maximum Gasteiger partial charge on any atom is 0.306 e. The number of allylic oxidation sites excluding steroid dienone is 16. The molecule has 0 radical (unpaired) electrons. The first kappa shape index (κ1) is 59.3. The SMILES string of the molecule is CCCCC/C=C\C/C=C\C/C=C\C/C=C\CCCC(=O)OC[C@H](COC(=O)CCCCCCC/C=C\CCCCCC)OC(=O)CCCC/C=C\C/C=C\C/C=C\CCCCC. The summed E-state index contributed by atoms with van der Waals surface area (Å²) in [6.45, 7) is 6.46. The Hall–Kier alpha value is -3.67. The quantitative estimate of drug-likeness (QED) is 0.0262. The van der Waals surface area contributed by atoms with Crippen LogP contribution in [0.4, 0.5) is 0 Å². The fourth-order valence-electron chi connectivity index (χ4n) is 6.61. The van der Waals surface area contributed by atoms with E-state index in [4.69, 9.17) is 14.2 Å². The molecule has 63 heavy (non-hydrogen) atoms. The molecule has 358 valence electrons. The summed E-state index contributed by atoms with van der Waals surface area (Å²) in [4.78, 5) is 37.9. The summed E-state index contributed by atoms with van der Waals surface area (Å²) in [5.41, 5.74) is 0. The van der Waals surface area contributed by atoms with Crippen LogP contribution in [-0.2, 0) is 28.6 Å². The number of hydrogen-bond donors (Lipinski definition) is 0. The monoisotopic (exact) mass is 875 g/mol. The molecule has 0 rings (SSSR count). The summed E-state index contributed by atoms with van der Waals surface area (Å²) in [7, 11) is 0. The molecule has 0 bridgehead atoms. The predicted molar refractivity (Wildman–Crippen MR) is 270 cm³/mol. The van der Waals surface area contributed by atoms with E-state index in [-0.39, 0.29) is 44.0 Å². The van der Waals surface area contributed by atoms with Crippen molar-refractivity contribution in [2.45, 2.75) is 232 Å². The Morgan fingerprint density at radius 3 is 1.03 bits per heavy atom. The van der Waals surface area contributed by atoms with Crippen molar-refractivity contribution in [3.8, 4) is 0 Å². The largest absolute Gasteiger partial charge is 0.462 e. The highest BCUT2D eigenvalue weighted by Gasteiger charge is 2.19. The Bertz CT molecular complexity index is 1280. The molecule has 0 fully saturated rings. The Morgan fingerprint density at radius 2 is 0.587 bits per heavy atom. The molecule has 1 atom stereocenters. The Morgan fingerprint density at radius 1 is 0.317 bits per heavy atom. The summed E-state index contributed by atoms with van der Waals surface area (Å²) < 4.78 is 16.7. The van der Waals surface area contributed by atoms with Gasteiger partial charge in [-0.1, -0.05) is 182 Å². The van der Waals surface area contributed by atoms with Crippen molar-refractivity contribution in [2.24, 2.45) is 0 Å². The van der Waals surface area contributed by atoms with Crippen LogP contribution in [0.5, 0.6) is 0 Å². The minimum absolute atomic E-state index is 0.115. The van der Waals surface area contributed by atoms with Crippen LogP contribution in [-0.4, -0.2) is 37.2 Å². The van der Waals surface area contributed by atoms with Gasteiger partial charge in [0, 0.05) is 19.3 Å². The molecule has 0 aliphatic carbocycles. The van der Waals surface area contributed by atoms with Crippen molar-refractivity contribution in [3.05, 3.63) is 97.2 Å². The first-order chi connectivity index (χ1) is 31.0. The van der Waals surface area contributed by atoms with E-state index in [1.165, 1.54) is 89.9 Å². The van der Waals surface area contributed by atoms with Gasteiger partial charge in [-0.15, -0.1) is 0 Å². The van der Waals surface area contributed by atoms with E-state index in [0.717, 1.165) is 83.5 Å². The van der Waals surface area contributed by atoms with Crippen LogP contribution < -0.4 is 0 Å². The van der Waals surface area contributed by atoms with Gasteiger partial charge in [-0.2, -0.15) is 0 Å². The van der Waals surface area contributed by atoms with Crippen molar-refractivity contribution in [1.82, 2.24) is 0 Å². The minimum atomic E-state index is -0.823. The van der Waals surface area contributed by atoms with E-state index in [1.807, 2.05) is 0 Å². The maximum atomic E-state index is 12.8. The van der Waals surface area contributed by atoms with Gasteiger partial charge in [-0.3, -0.25) is 14.4 Å². The third-order valence-electron chi connectivity index (χ3n) is 10.5. The normalized spacial score (nSPS) is 12.9. The molecule has 6 heteroatoms. The molecule has 6 nitrogen and oxygen atoms in total. The van der Waals surface area contributed by atoms with Crippen LogP contribution in [0.25, 0.3) is 0 Å². The van der Waals surface area contributed by atoms with Crippen LogP contribution in [0.2, 0.25) is 0 Å². The van der Waals surface area contributed by atoms with Crippen LogP contribution in [0.1, 0.15) is 226 Å². The van der Waals surface area contributed by atoms with E-state index < -0.39 is 6.10 Å². The topological polar surface area (TPSA) is 78.9 Å². The number of hydrogen-bond acceptors (Lipinski definition) is 6. The van der Waals surface area contributed by atoms with Gasteiger partial charge in [0.05, 0.1) is 0 Å². The van der Waals surface area contributed by atoms with Crippen LogP contribution in [0.3, 0.4) is 0 Å². The summed E-state index contributed by atoms with van der Waals surface area (Å²) in [5, 5.41) is 0. The average Bonchev–Trinajstić information content (AvgIpc) is 3.28. The van der Waals surface area contributed by atoms with Crippen LogP contribution in [0, 0.1) is 0 Å². The zero-order valence-electron chi connectivity index (χ0n) is 40.8. The Kier molecular flexibility index (Phi) is 48.0. The van der Waals surface area contributed by atoms with Gasteiger partial charge in [0.1, 0.15) is 13.2 Å². The molecular formula is C57H94O6. The second-order valence-corrected chi connectivity index (χ2v) is 16.7. The summed E-state index contributed by atoms with van der Waals surface area (Å²) >= 11 is 0. The fourth-order valence-corrected chi connectivity index (χ4v) is 6.61. The number of carbonyl (C=O) groups is 3. The zero-order valence-corrected chi connectivity index (χ0v) is 40.8. The average molecular weight is 875 g/mol. The minimum Gasteiger partial charge on any atom is -0.462 e. The standard InChI is InChI=1S/C57H94O6/c1-4-7-10-13-16-19-22-25-27-28-30-32-35-38-41-44-47-50-56(59)62-53-54(52-61-55(58)49-46-43-40-37-34-31-24-21-18-15-12-9-6-3)63-57(60)51-48-45-42-39-36-33-29-26-23-20-17-14-11-8-5-2/h16-17,19-21,24-27,29-30,32,36,38-39,41,54H,4-15,18,22-23,28,31,33-35,37,40,42-53H2,1-3H3/b19-16-,20-17-,24-21-,27-25-,29-26-,32-30-,39-36-,41-38-/t54-/m0/s1. The highest BCUT2D eigenvalue weighted by molar-refractivity contribution is 5.71.